The van der Waals surface area contributed by atoms with E-state index in [9.17, 15) is 0 Å². The van der Waals surface area contributed by atoms with Crippen molar-refractivity contribution in [1.82, 2.24) is 0 Å². The van der Waals surface area contributed by atoms with E-state index in [1.165, 1.54) is 10.9 Å². The summed E-state index contributed by atoms with van der Waals surface area (Å²) in [6.45, 7) is 5.81. The molecule has 0 radical (unpaired) electrons. The predicted molar refractivity (Wildman–Crippen MR) is 110 cm³/mol. The largest absolute Gasteiger partial charge is 0.110 e. The Morgan fingerprint density at radius 1 is 1.13 bits per heavy atom. The van der Waals surface area contributed by atoms with E-state index in [0.717, 1.165) is 11.1 Å². The highest BCUT2D eigenvalue weighted by molar-refractivity contribution is 8.74. The van der Waals surface area contributed by atoms with Crippen molar-refractivity contribution in [2.45, 2.75) is 12.7 Å². The van der Waals surface area contributed by atoms with Gasteiger partial charge in [-0.15, -0.1) is 17.3 Å². The van der Waals surface area contributed by atoms with Gasteiger partial charge in [-0.2, -0.15) is 0 Å². The van der Waals surface area contributed by atoms with Gasteiger partial charge in [0.15, 0.2) is 0 Å². The van der Waals surface area contributed by atoms with E-state index in [0.29, 0.717) is 0 Å². The minimum atomic E-state index is -1.99. The highest BCUT2D eigenvalue weighted by Gasteiger charge is 2.23. The van der Waals surface area contributed by atoms with E-state index >= 15 is 0 Å². The highest BCUT2D eigenvalue weighted by atomic mass is 32.9. The Bertz CT molecular complexity index is 781. The third-order valence-electron chi connectivity index (χ3n) is 3.27. The molecule has 0 aliphatic carbocycles. The van der Waals surface area contributed by atoms with Crippen LogP contribution in [0.2, 0.25) is 0 Å². The van der Waals surface area contributed by atoms with E-state index < -0.39 is 5.24 Å². The number of allylic oxidation sites excluding steroid dienone is 3. The summed E-state index contributed by atoms with van der Waals surface area (Å²) in [7, 11) is 0. The molecular weight excluding hydrogens is 335 g/mol. The Kier molecular flexibility index (Phi) is 6.93. The van der Waals surface area contributed by atoms with Gasteiger partial charge in [0.05, 0.1) is 5.24 Å². The monoisotopic (exact) mass is 354 g/mol. The van der Waals surface area contributed by atoms with Gasteiger partial charge < -0.3 is 0 Å². The van der Waals surface area contributed by atoms with Crippen molar-refractivity contribution < 1.29 is 0 Å². The second-order valence-corrected chi connectivity index (χ2v) is 12.3. The summed E-state index contributed by atoms with van der Waals surface area (Å²) in [5.74, 6) is 6.84. The van der Waals surface area contributed by atoms with Gasteiger partial charge in [-0.3, -0.25) is 0 Å². The van der Waals surface area contributed by atoms with Crippen LogP contribution in [0.25, 0.3) is 0 Å². The van der Waals surface area contributed by atoms with Gasteiger partial charge in [-0.05, 0) is 23.9 Å². The number of rotatable bonds is 6. The van der Waals surface area contributed by atoms with Crippen LogP contribution in [0.3, 0.4) is 0 Å². The van der Waals surface area contributed by atoms with Crippen molar-refractivity contribution in [3.63, 3.8) is 0 Å². The van der Waals surface area contributed by atoms with E-state index in [4.69, 9.17) is 11.8 Å². The number of hydrogen-bond donors (Lipinski definition) is 0. The van der Waals surface area contributed by atoms with Crippen molar-refractivity contribution in [3.8, 4) is 11.8 Å². The molecule has 2 aromatic carbocycles. The predicted octanol–water partition coefficient (Wildman–Crippen LogP) is 5.73. The van der Waals surface area contributed by atoms with Gasteiger partial charge >= 0.3 is 0 Å². The lowest BCUT2D eigenvalue weighted by molar-refractivity contribution is 1.43. The molecule has 2 aromatic rings. The maximum Gasteiger partial charge on any atom is 0.0622 e. The lowest BCUT2D eigenvalue weighted by Gasteiger charge is -2.23. The first-order valence-corrected chi connectivity index (χ1v) is 11.7. The molecule has 116 valence electrons. The van der Waals surface area contributed by atoms with Crippen molar-refractivity contribution >= 4 is 33.7 Å². The number of benzene rings is 2. The van der Waals surface area contributed by atoms with Crippen LogP contribution in [0, 0.1) is 11.8 Å². The summed E-state index contributed by atoms with van der Waals surface area (Å²) in [5, 5.41) is 0.272. The molecule has 0 fully saturated rings. The van der Waals surface area contributed by atoms with Gasteiger partial charge in [-0.1, -0.05) is 91.0 Å². The second kappa shape index (κ2) is 8.94. The molecule has 1 atom stereocenters. The fourth-order valence-corrected chi connectivity index (χ4v) is 8.09. The average Bonchev–Trinajstić information content (AvgIpc) is 2.62. The average molecular weight is 354 g/mol. The van der Waals surface area contributed by atoms with Crippen LogP contribution in [0.1, 0.15) is 12.5 Å². The summed E-state index contributed by atoms with van der Waals surface area (Å²) < 4.78 is 0. The van der Waals surface area contributed by atoms with E-state index in [1.54, 1.807) is 0 Å². The van der Waals surface area contributed by atoms with Crippen molar-refractivity contribution in [2.75, 3.05) is 0 Å². The summed E-state index contributed by atoms with van der Waals surface area (Å²) in [6, 6.07) is 20.8. The minimum absolute atomic E-state index is 0.887. The molecule has 0 saturated carbocycles. The third-order valence-corrected chi connectivity index (χ3v) is 11.0. The zero-order valence-corrected chi connectivity index (χ0v) is 15.6. The first-order valence-electron chi connectivity index (χ1n) is 7.30. The van der Waals surface area contributed by atoms with Crippen molar-refractivity contribution in [1.29, 1.82) is 0 Å². The fourth-order valence-electron chi connectivity index (χ4n) is 2.07. The van der Waals surface area contributed by atoms with Crippen LogP contribution in [-0.4, -0.2) is 0 Å². The maximum absolute atomic E-state index is 6.17. The highest BCUT2D eigenvalue weighted by Crippen LogP contribution is 2.65. The molecule has 23 heavy (non-hydrogen) atoms. The van der Waals surface area contributed by atoms with Gasteiger partial charge in [0, 0.05) is 11.1 Å². The molecule has 0 aliphatic heterocycles. The number of hydrogen-bond acceptors (Lipinski definition) is 2. The summed E-state index contributed by atoms with van der Waals surface area (Å²) in [4.78, 5) is 0. The molecule has 0 spiro atoms. The first kappa shape index (κ1) is 17.8. The Morgan fingerprint density at radius 2 is 1.74 bits per heavy atom. The van der Waals surface area contributed by atoms with Crippen LogP contribution < -0.4 is 5.30 Å². The third kappa shape index (κ3) is 4.72. The van der Waals surface area contributed by atoms with Crippen LogP contribution in [0.15, 0.2) is 84.7 Å². The molecule has 3 heteroatoms. The van der Waals surface area contributed by atoms with E-state index in [2.05, 4.69) is 54.8 Å². The van der Waals surface area contributed by atoms with E-state index in [1.807, 2.05) is 54.7 Å². The van der Waals surface area contributed by atoms with E-state index in [-0.39, 0.29) is 0 Å². The smallest absolute Gasteiger partial charge is 0.0622 e. The second-order valence-electron chi connectivity index (χ2n) is 4.81. The molecular formula is C20H19PS2. The summed E-state index contributed by atoms with van der Waals surface area (Å²) >= 11 is 8.00. The maximum atomic E-state index is 6.17. The zero-order chi connectivity index (χ0) is 16.5. The Hall–Kier alpha value is -1.52. The molecule has 0 nitrogen and oxygen atoms in total. The molecule has 2 rings (SSSR count). The first-order chi connectivity index (χ1) is 11.2. The fraction of sp³-hybridized carbons (Fsp3) is 0.100. The molecule has 0 amide bonds. The summed E-state index contributed by atoms with van der Waals surface area (Å²) in [5.41, 5.74) is 1.28. The Labute approximate surface area is 148 Å². The van der Waals surface area contributed by atoms with Crippen LogP contribution in [0.5, 0.6) is 0 Å². The van der Waals surface area contributed by atoms with Crippen LogP contribution in [0.4, 0.5) is 0 Å². The van der Waals surface area contributed by atoms with Gasteiger partial charge in [0.2, 0.25) is 0 Å². The topological polar surface area (TPSA) is 0 Å². The van der Waals surface area contributed by atoms with Crippen molar-refractivity contribution in [3.05, 3.63) is 90.3 Å². The quantitative estimate of drug-likeness (QED) is 0.369. The lowest BCUT2D eigenvalue weighted by atomic mass is 10.2. The summed E-state index contributed by atoms with van der Waals surface area (Å²) in [6.07, 6.45) is 3.80. The molecule has 0 aliphatic rings. The standard InChI is InChI=1S/C20H19PS2/c1-3-5-14-19(4-2)21(22,20-15-10-7-11-16-20)23-17-18-12-8-6-9-13-18/h4,6-16H,2,17H2,1H3. The van der Waals surface area contributed by atoms with Crippen molar-refractivity contribution in [2.24, 2.45) is 0 Å². The van der Waals surface area contributed by atoms with Crippen LogP contribution in [-0.2, 0) is 17.6 Å². The lowest BCUT2D eigenvalue weighted by Crippen LogP contribution is -2.03. The molecule has 0 heterocycles. The molecule has 0 N–H and O–H groups in total. The normalized spacial score (nSPS) is 13.5. The van der Waals surface area contributed by atoms with Gasteiger partial charge in [-0.25, -0.2) is 0 Å². The molecule has 0 bridgehead atoms. The molecule has 0 saturated heterocycles. The van der Waals surface area contributed by atoms with Gasteiger partial charge in [0.25, 0.3) is 0 Å². The minimum Gasteiger partial charge on any atom is -0.110 e. The van der Waals surface area contributed by atoms with Crippen LogP contribution >= 0.6 is 16.6 Å². The van der Waals surface area contributed by atoms with Gasteiger partial charge in [0.1, 0.15) is 0 Å². The SMILES string of the molecule is C=CC(=CC#CC)P(=S)(SCc1ccccc1)c1ccccc1. The Balaban J connectivity index is 2.40. The Morgan fingerprint density at radius 3 is 2.30 bits per heavy atom. The molecule has 1 unspecified atom stereocenters. The molecule has 0 aromatic heterocycles. The zero-order valence-electron chi connectivity index (χ0n) is 13.1.